The molecule has 0 aromatic heterocycles. The first-order valence-electron chi connectivity index (χ1n) is 14.9. The van der Waals surface area contributed by atoms with Crippen LogP contribution in [0, 0.1) is 23.2 Å². The van der Waals surface area contributed by atoms with Gasteiger partial charge in [0.15, 0.2) is 0 Å². The number of benzene rings is 1. The third-order valence-electron chi connectivity index (χ3n) is 9.13. The molecule has 3 amide bonds. The lowest BCUT2D eigenvalue weighted by Crippen LogP contribution is -2.59. The molecule has 3 fully saturated rings. The first-order valence-corrected chi connectivity index (χ1v) is 14.9. The second-order valence-corrected chi connectivity index (χ2v) is 14.3. The molecule has 3 aliphatic rings. The van der Waals surface area contributed by atoms with Gasteiger partial charge in [-0.3, -0.25) is 14.4 Å². The number of ether oxygens (including phenoxy) is 1. The van der Waals surface area contributed by atoms with Gasteiger partial charge in [0.05, 0.1) is 17.4 Å². The Morgan fingerprint density at radius 2 is 1.70 bits per heavy atom. The van der Waals surface area contributed by atoms with E-state index in [1.54, 1.807) is 4.90 Å². The van der Waals surface area contributed by atoms with Crippen molar-refractivity contribution in [2.45, 2.75) is 110 Å². The van der Waals surface area contributed by atoms with Gasteiger partial charge in [-0.25, -0.2) is 0 Å². The highest BCUT2D eigenvalue weighted by Crippen LogP contribution is 2.65. The Balaban J connectivity index is 1.68. The first-order chi connectivity index (χ1) is 18.7. The molecule has 4 rings (SSSR count). The minimum Gasteiger partial charge on any atom is -0.396 e. The number of likely N-dealkylation sites (tertiary alicyclic amines) is 1. The fourth-order valence-electron chi connectivity index (χ4n) is 7.94. The molecular weight excluding hydrogens is 506 g/mol. The summed E-state index contributed by atoms with van der Waals surface area (Å²) in [6, 6.07) is 8.46. The number of anilines is 1. The van der Waals surface area contributed by atoms with Gasteiger partial charge in [0.2, 0.25) is 17.7 Å². The minimum absolute atomic E-state index is 0.000412. The molecule has 3 aliphatic heterocycles. The summed E-state index contributed by atoms with van der Waals surface area (Å²) in [6.07, 6.45) is 4.45. The maximum atomic E-state index is 14.3. The lowest BCUT2D eigenvalue weighted by atomic mass is 9.62. The van der Waals surface area contributed by atoms with Gasteiger partial charge in [-0.05, 0) is 69.9 Å². The van der Waals surface area contributed by atoms with Crippen molar-refractivity contribution in [1.29, 1.82) is 0 Å². The Morgan fingerprint density at radius 3 is 2.33 bits per heavy atom. The molecule has 0 radical (unpaired) electrons. The smallest absolute Gasteiger partial charge is 0.246 e. The van der Waals surface area contributed by atoms with Gasteiger partial charge >= 0.3 is 0 Å². The van der Waals surface area contributed by atoms with Gasteiger partial charge in [0.1, 0.15) is 11.6 Å². The summed E-state index contributed by atoms with van der Waals surface area (Å²) >= 11 is 0. The van der Waals surface area contributed by atoms with Crippen molar-refractivity contribution in [2.75, 3.05) is 18.5 Å². The monoisotopic (exact) mass is 555 g/mol. The molecule has 0 saturated carbocycles. The van der Waals surface area contributed by atoms with Crippen LogP contribution in [0.2, 0.25) is 0 Å². The number of fused-ring (bicyclic) bond motifs is 1. The van der Waals surface area contributed by atoms with Gasteiger partial charge in [0, 0.05) is 24.4 Å². The summed E-state index contributed by atoms with van der Waals surface area (Å²) in [4.78, 5) is 44.0. The molecule has 6 atom stereocenters. The van der Waals surface area contributed by atoms with Gasteiger partial charge in [0.25, 0.3) is 0 Å². The molecule has 222 valence electrons. The molecule has 3 unspecified atom stereocenters. The third-order valence-corrected chi connectivity index (χ3v) is 9.13. The van der Waals surface area contributed by atoms with Crippen molar-refractivity contribution in [3.63, 3.8) is 0 Å². The van der Waals surface area contributed by atoms with Crippen LogP contribution in [0.4, 0.5) is 5.69 Å². The normalized spacial score (nSPS) is 31.4. The summed E-state index contributed by atoms with van der Waals surface area (Å²) in [5.74, 6) is -2.05. The van der Waals surface area contributed by atoms with Crippen LogP contribution in [-0.2, 0) is 19.1 Å². The topological polar surface area (TPSA) is 108 Å². The number of aliphatic hydroxyl groups excluding tert-OH is 1. The molecule has 1 spiro atoms. The van der Waals surface area contributed by atoms with Crippen molar-refractivity contribution >= 4 is 23.4 Å². The highest BCUT2D eigenvalue weighted by Gasteiger charge is 2.79. The van der Waals surface area contributed by atoms with E-state index < -0.39 is 34.6 Å². The van der Waals surface area contributed by atoms with Gasteiger partial charge < -0.3 is 25.4 Å². The predicted molar refractivity (Wildman–Crippen MR) is 155 cm³/mol. The van der Waals surface area contributed by atoms with Crippen LogP contribution in [0.3, 0.4) is 0 Å². The molecule has 3 saturated heterocycles. The van der Waals surface area contributed by atoms with E-state index in [0.717, 1.165) is 25.7 Å². The van der Waals surface area contributed by atoms with Crippen molar-refractivity contribution in [1.82, 2.24) is 10.2 Å². The molecule has 1 aromatic carbocycles. The van der Waals surface area contributed by atoms with Crippen LogP contribution in [0.25, 0.3) is 0 Å². The maximum absolute atomic E-state index is 14.3. The quantitative estimate of drug-likeness (QED) is 0.348. The molecule has 8 heteroatoms. The lowest BCUT2D eigenvalue weighted by molar-refractivity contribution is -0.147. The second-order valence-electron chi connectivity index (χ2n) is 14.3. The molecule has 0 aliphatic carbocycles. The SMILES string of the molecule is CC1CC23O[C@@]1(C)[C@H](C(=O)Nc1ccccc1)[C@H]2C(=O)N(CCCCCCO)C3C(=O)NC(C)(C)CC(C)(C)C. The Labute approximate surface area is 239 Å². The van der Waals surface area contributed by atoms with E-state index in [0.29, 0.717) is 25.1 Å². The third kappa shape index (κ3) is 5.67. The number of para-hydroxylation sites is 1. The van der Waals surface area contributed by atoms with Crippen molar-refractivity contribution in [3.05, 3.63) is 30.3 Å². The summed E-state index contributed by atoms with van der Waals surface area (Å²) in [5, 5.41) is 15.5. The van der Waals surface area contributed by atoms with Crippen LogP contribution >= 0.6 is 0 Å². The Morgan fingerprint density at radius 1 is 1.05 bits per heavy atom. The Hall–Kier alpha value is -2.45. The van der Waals surface area contributed by atoms with E-state index in [4.69, 9.17) is 9.84 Å². The Kier molecular flexibility index (Phi) is 8.46. The summed E-state index contributed by atoms with van der Waals surface area (Å²) < 4.78 is 6.83. The number of carbonyl (C=O) groups excluding carboxylic acids is 3. The standard InChI is InChI=1S/C32H49N3O5/c1-21-19-32-24(23(31(21,7)40-32)26(37)33-22-15-11-10-12-16-22)28(39)35(17-13-8-9-14-18-36)25(32)27(38)34-30(5,6)20-29(2,3)4/h10-12,15-16,21,23-25,36H,8-9,13-14,17-20H2,1-7H3,(H,33,37)(H,34,38)/t21?,23-,24-,25?,31+,32?/m0/s1. The zero-order valence-electron chi connectivity index (χ0n) is 25.4. The van der Waals surface area contributed by atoms with E-state index in [1.807, 2.05) is 51.1 Å². The Bertz CT molecular complexity index is 1100. The average Bonchev–Trinajstić information content (AvgIpc) is 3.34. The van der Waals surface area contributed by atoms with Crippen molar-refractivity contribution in [3.8, 4) is 0 Å². The highest BCUT2D eigenvalue weighted by atomic mass is 16.5. The molecule has 2 bridgehead atoms. The summed E-state index contributed by atoms with van der Waals surface area (Å²) in [5.41, 5.74) is -1.73. The first kappa shape index (κ1) is 30.5. The molecular formula is C32H49N3O5. The minimum atomic E-state index is -1.06. The molecule has 3 heterocycles. The van der Waals surface area contributed by atoms with Crippen LogP contribution in [0.5, 0.6) is 0 Å². The maximum Gasteiger partial charge on any atom is 0.246 e. The van der Waals surface area contributed by atoms with E-state index >= 15 is 0 Å². The van der Waals surface area contributed by atoms with Crippen molar-refractivity contribution < 1.29 is 24.2 Å². The fraction of sp³-hybridized carbons (Fsp3) is 0.719. The zero-order valence-corrected chi connectivity index (χ0v) is 25.4. The number of carbonyl (C=O) groups is 3. The van der Waals surface area contributed by atoms with Crippen LogP contribution in [0.15, 0.2) is 30.3 Å². The second kappa shape index (κ2) is 11.1. The summed E-state index contributed by atoms with van der Waals surface area (Å²) in [7, 11) is 0. The van der Waals surface area contributed by atoms with Gasteiger partial charge in [-0.15, -0.1) is 0 Å². The number of aliphatic hydroxyl groups is 1. The lowest BCUT2D eigenvalue weighted by Gasteiger charge is -2.38. The largest absolute Gasteiger partial charge is 0.396 e. The number of rotatable bonds is 11. The van der Waals surface area contributed by atoms with Gasteiger partial charge in [-0.2, -0.15) is 0 Å². The van der Waals surface area contributed by atoms with E-state index in [2.05, 4.69) is 38.3 Å². The van der Waals surface area contributed by atoms with E-state index in [9.17, 15) is 14.4 Å². The van der Waals surface area contributed by atoms with Crippen LogP contribution in [-0.4, -0.2) is 63.7 Å². The number of unbranched alkanes of at least 4 members (excludes halogenated alkanes) is 3. The van der Waals surface area contributed by atoms with Gasteiger partial charge in [-0.1, -0.05) is 58.7 Å². The average molecular weight is 556 g/mol. The van der Waals surface area contributed by atoms with Crippen LogP contribution < -0.4 is 10.6 Å². The number of amides is 3. The molecule has 40 heavy (non-hydrogen) atoms. The molecule has 8 nitrogen and oxygen atoms in total. The van der Waals surface area contributed by atoms with Crippen molar-refractivity contribution in [2.24, 2.45) is 23.2 Å². The number of hydrogen-bond acceptors (Lipinski definition) is 5. The molecule has 1 aromatic rings. The number of nitrogens with one attached hydrogen (secondary N) is 2. The fourth-order valence-corrected chi connectivity index (χ4v) is 7.94. The number of nitrogens with zero attached hydrogens (tertiary/aromatic N) is 1. The molecule has 3 N–H and O–H groups in total. The van der Waals surface area contributed by atoms with E-state index in [1.165, 1.54) is 0 Å². The zero-order chi connectivity index (χ0) is 29.5. The highest BCUT2D eigenvalue weighted by molar-refractivity contribution is 6.02. The summed E-state index contributed by atoms with van der Waals surface area (Å²) in [6.45, 7) is 15.0. The van der Waals surface area contributed by atoms with E-state index in [-0.39, 0.29) is 35.7 Å². The number of hydrogen-bond donors (Lipinski definition) is 3. The van der Waals surface area contributed by atoms with Crippen LogP contribution in [0.1, 0.15) is 87.0 Å². The predicted octanol–water partition coefficient (Wildman–Crippen LogP) is 4.52.